The molecule has 0 saturated carbocycles. The molecule has 2 aromatic rings. The van der Waals surface area contributed by atoms with Crippen molar-refractivity contribution >= 4 is 22.3 Å². The van der Waals surface area contributed by atoms with Crippen molar-refractivity contribution < 1.29 is 13.2 Å². The summed E-state index contributed by atoms with van der Waals surface area (Å²) >= 11 is 0.496. The van der Waals surface area contributed by atoms with Gasteiger partial charge in [0.15, 0.2) is 0 Å². The number of nitrogens with zero attached hydrogens (tertiary/aromatic N) is 4. The standard InChI is InChI=1S/C13H14F3N5S/c14-13(15,16)11-19-20-12(22-11)18-8-9-3-4-10(17-7-9)21-5-1-2-6-21/h3-4,7H,1-2,5-6,8H2,(H,18,20). The summed E-state index contributed by atoms with van der Waals surface area (Å²) in [4.78, 5) is 6.61. The van der Waals surface area contributed by atoms with Crippen LogP contribution in [0.5, 0.6) is 0 Å². The largest absolute Gasteiger partial charge is 0.445 e. The molecule has 0 unspecified atom stereocenters. The number of anilines is 2. The lowest BCUT2D eigenvalue weighted by Gasteiger charge is -2.16. The fourth-order valence-electron chi connectivity index (χ4n) is 2.24. The van der Waals surface area contributed by atoms with E-state index in [0.29, 0.717) is 17.9 Å². The molecule has 1 N–H and O–H groups in total. The van der Waals surface area contributed by atoms with Crippen molar-refractivity contribution in [3.63, 3.8) is 0 Å². The highest BCUT2D eigenvalue weighted by Gasteiger charge is 2.35. The van der Waals surface area contributed by atoms with Crippen molar-refractivity contribution in [2.75, 3.05) is 23.3 Å². The summed E-state index contributed by atoms with van der Waals surface area (Å²) in [6, 6.07) is 3.85. The van der Waals surface area contributed by atoms with Crippen LogP contribution in [0.3, 0.4) is 0 Å². The molecular formula is C13H14F3N5S. The van der Waals surface area contributed by atoms with E-state index in [1.165, 1.54) is 12.8 Å². The third-order valence-electron chi connectivity index (χ3n) is 3.35. The molecule has 1 aliphatic rings. The first-order chi connectivity index (χ1) is 10.5. The number of aromatic nitrogens is 3. The summed E-state index contributed by atoms with van der Waals surface area (Å²) in [7, 11) is 0. The smallest absolute Gasteiger partial charge is 0.357 e. The Balaban J connectivity index is 1.58. The zero-order chi connectivity index (χ0) is 15.6. The Morgan fingerprint density at radius 2 is 1.95 bits per heavy atom. The van der Waals surface area contributed by atoms with Gasteiger partial charge in [0.1, 0.15) is 5.82 Å². The molecule has 22 heavy (non-hydrogen) atoms. The molecule has 1 fully saturated rings. The third kappa shape index (κ3) is 3.46. The predicted molar refractivity (Wildman–Crippen MR) is 77.9 cm³/mol. The minimum atomic E-state index is -4.45. The highest BCUT2D eigenvalue weighted by molar-refractivity contribution is 7.15. The summed E-state index contributed by atoms with van der Waals surface area (Å²) in [6.07, 6.45) is -0.351. The molecule has 5 nitrogen and oxygen atoms in total. The third-order valence-corrected chi connectivity index (χ3v) is 4.28. The molecule has 2 aromatic heterocycles. The van der Waals surface area contributed by atoms with Gasteiger partial charge in [-0.05, 0) is 24.5 Å². The molecular weight excluding hydrogens is 315 g/mol. The van der Waals surface area contributed by atoms with Crippen LogP contribution in [-0.4, -0.2) is 28.3 Å². The molecule has 1 saturated heterocycles. The topological polar surface area (TPSA) is 53.9 Å². The first kappa shape index (κ1) is 15.0. The van der Waals surface area contributed by atoms with Crippen LogP contribution in [0, 0.1) is 0 Å². The van der Waals surface area contributed by atoms with Crippen molar-refractivity contribution in [3.8, 4) is 0 Å². The fraction of sp³-hybridized carbons (Fsp3) is 0.462. The van der Waals surface area contributed by atoms with Gasteiger partial charge in [0.05, 0.1) is 0 Å². The molecule has 0 atom stereocenters. The Bertz CT molecular complexity index is 619. The van der Waals surface area contributed by atoms with E-state index in [4.69, 9.17) is 0 Å². The SMILES string of the molecule is FC(F)(F)c1nnc(NCc2ccc(N3CCCC3)nc2)s1. The van der Waals surface area contributed by atoms with E-state index >= 15 is 0 Å². The highest BCUT2D eigenvalue weighted by Crippen LogP contribution is 2.33. The molecule has 0 radical (unpaired) electrons. The van der Waals surface area contributed by atoms with Gasteiger partial charge in [0.25, 0.3) is 0 Å². The van der Waals surface area contributed by atoms with Crippen LogP contribution in [0.2, 0.25) is 0 Å². The summed E-state index contributed by atoms with van der Waals surface area (Å²) in [5.74, 6) is 0.941. The molecule has 3 heterocycles. The second-order valence-electron chi connectivity index (χ2n) is 4.98. The number of hydrogen-bond acceptors (Lipinski definition) is 6. The van der Waals surface area contributed by atoms with Gasteiger partial charge in [0.2, 0.25) is 10.1 Å². The summed E-state index contributed by atoms with van der Waals surface area (Å²) in [5.41, 5.74) is 0.881. The maximum Gasteiger partial charge on any atom is 0.445 e. The van der Waals surface area contributed by atoms with Crippen LogP contribution in [0.25, 0.3) is 0 Å². The van der Waals surface area contributed by atoms with Crippen LogP contribution < -0.4 is 10.2 Å². The van der Waals surface area contributed by atoms with Crippen LogP contribution in [0.1, 0.15) is 23.4 Å². The zero-order valence-electron chi connectivity index (χ0n) is 11.6. The Morgan fingerprint density at radius 3 is 2.55 bits per heavy atom. The maximum absolute atomic E-state index is 12.4. The van der Waals surface area contributed by atoms with Crippen LogP contribution >= 0.6 is 11.3 Å². The average molecular weight is 329 g/mol. The number of nitrogens with one attached hydrogen (secondary N) is 1. The molecule has 9 heteroatoms. The molecule has 118 valence electrons. The number of alkyl halides is 3. The Kier molecular flexibility index (Phi) is 4.14. The summed E-state index contributed by atoms with van der Waals surface area (Å²) in [5, 5.41) is 8.65. The highest BCUT2D eigenvalue weighted by atomic mass is 32.1. The second kappa shape index (κ2) is 6.07. The van der Waals surface area contributed by atoms with Crippen LogP contribution in [0.15, 0.2) is 18.3 Å². The molecule has 0 aromatic carbocycles. The zero-order valence-corrected chi connectivity index (χ0v) is 12.4. The Labute approximate surface area is 129 Å². The number of rotatable bonds is 4. The molecule has 0 aliphatic carbocycles. The van der Waals surface area contributed by atoms with E-state index in [2.05, 4.69) is 25.4 Å². The van der Waals surface area contributed by atoms with Gasteiger partial charge in [-0.1, -0.05) is 17.4 Å². The first-order valence-corrected chi connectivity index (χ1v) is 7.68. The molecule has 0 amide bonds. The van der Waals surface area contributed by atoms with E-state index in [1.54, 1.807) is 6.20 Å². The van der Waals surface area contributed by atoms with E-state index < -0.39 is 11.2 Å². The van der Waals surface area contributed by atoms with Gasteiger partial charge in [-0.15, -0.1) is 10.2 Å². The number of halogens is 3. The average Bonchev–Trinajstić information content (AvgIpc) is 3.16. The van der Waals surface area contributed by atoms with Gasteiger partial charge in [-0.25, -0.2) is 4.98 Å². The van der Waals surface area contributed by atoms with Crippen LogP contribution in [0.4, 0.5) is 24.1 Å². The van der Waals surface area contributed by atoms with Gasteiger partial charge in [0, 0.05) is 25.8 Å². The van der Waals surface area contributed by atoms with E-state index in [9.17, 15) is 13.2 Å². The minimum absolute atomic E-state index is 0.149. The lowest BCUT2D eigenvalue weighted by Crippen LogP contribution is -2.18. The molecule has 3 rings (SSSR count). The monoisotopic (exact) mass is 329 g/mol. The van der Waals surface area contributed by atoms with Gasteiger partial charge in [-0.2, -0.15) is 13.2 Å². The van der Waals surface area contributed by atoms with Crippen molar-refractivity contribution in [3.05, 3.63) is 28.9 Å². The van der Waals surface area contributed by atoms with Gasteiger partial charge >= 0.3 is 6.18 Å². The first-order valence-electron chi connectivity index (χ1n) is 6.87. The lowest BCUT2D eigenvalue weighted by atomic mass is 10.3. The van der Waals surface area contributed by atoms with Crippen molar-refractivity contribution in [1.82, 2.24) is 15.2 Å². The molecule has 1 aliphatic heterocycles. The number of hydrogen-bond donors (Lipinski definition) is 1. The summed E-state index contributed by atoms with van der Waals surface area (Å²) in [6.45, 7) is 2.41. The fourth-order valence-corrected chi connectivity index (χ4v) is 2.85. The van der Waals surface area contributed by atoms with E-state index in [0.717, 1.165) is 24.5 Å². The maximum atomic E-state index is 12.4. The van der Waals surface area contributed by atoms with Gasteiger partial charge < -0.3 is 10.2 Å². The van der Waals surface area contributed by atoms with Crippen LogP contribution in [-0.2, 0) is 12.7 Å². The predicted octanol–water partition coefficient (Wildman–Crippen LogP) is 3.16. The second-order valence-corrected chi connectivity index (χ2v) is 5.96. The van der Waals surface area contributed by atoms with E-state index in [1.807, 2.05) is 12.1 Å². The van der Waals surface area contributed by atoms with E-state index in [-0.39, 0.29) is 5.13 Å². The number of pyridine rings is 1. The van der Waals surface area contributed by atoms with Crippen molar-refractivity contribution in [2.24, 2.45) is 0 Å². The Morgan fingerprint density at radius 1 is 1.18 bits per heavy atom. The van der Waals surface area contributed by atoms with Gasteiger partial charge in [-0.3, -0.25) is 0 Å². The Hall–Kier alpha value is -1.90. The van der Waals surface area contributed by atoms with Crippen molar-refractivity contribution in [1.29, 1.82) is 0 Å². The minimum Gasteiger partial charge on any atom is -0.357 e. The molecule has 0 bridgehead atoms. The lowest BCUT2D eigenvalue weighted by molar-refractivity contribution is -0.138. The molecule has 0 spiro atoms. The summed E-state index contributed by atoms with van der Waals surface area (Å²) < 4.78 is 37.3. The van der Waals surface area contributed by atoms with Crippen molar-refractivity contribution in [2.45, 2.75) is 25.6 Å². The quantitative estimate of drug-likeness (QED) is 0.934. The normalized spacial score (nSPS) is 15.3.